The van der Waals surface area contributed by atoms with Crippen molar-refractivity contribution >= 4 is 21.5 Å². The van der Waals surface area contributed by atoms with Crippen molar-refractivity contribution < 1.29 is 45.7 Å². The van der Waals surface area contributed by atoms with Crippen LogP contribution in [0.1, 0.15) is 138 Å². The van der Waals surface area contributed by atoms with Gasteiger partial charge in [0.2, 0.25) is 10.8 Å². The Balaban J connectivity index is 0.00000131. The normalized spacial score (nSPS) is 12.0. The van der Waals surface area contributed by atoms with Crippen molar-refractivity contribution in [2.45, 2.75) is 136 Å². The summed E-state index contributed by atoms with van der Waals surface area (Å²) in [5.74, 6) is 4.09. The molecule has 15 heteroatoms. The van der Waals surface area contributed by atoms with Gasteiger partial charge in [-0.1, -0.05) is 107 Å². The topological polar surface area (TPSA) is 177 Å². The van der Waals surface area contributed by atoms with Gasteiger partial charge in [0.15, 0.2) is 23.5 Å². The van der Waals surface area contributed by atoms with Gasteiger partial charge in [0.05, 0.1) is 28.7 Å². The monoisotopic (exact) mass is 752 g/mol. The fourth-order valence-corrected chi connectivity index (χ4v) is 6.10. The van der Waals surface area contributed by atoms with Crippen LogP contribution in [-0.4, -0.2) is 47.9 Å². The molecule has 4 aromatic rings. The van der Waals surface area contributed by atoms with Crippen molar-refractivity contribution in [1.82, 2.24) is 15.5 Å². The molecule has 286 valence electrons. The number of nitrogens with one attached hydrogen (secondary N) is 1. The molecule has 4 rings (SSSR count). The number of ether oxygens (including phenoxy) is 3. The number of hydrogen-bond donors (Lipinski definition) is 0. The van der Waals surface area contributed by atoms with E-state index in [0.29, 0.717) is 60.7 Å². The summed E-state index contributed by atoms with van der Waals surface area (Å²) in [6, 6.07) is 1.73. The van der Waals surface area contributed by atoms with Gasteiger partial charge in [-0.2, -0.15) is 0 Å². The van der Waals surface area contributed by atoms with Crippen LogP contribution in [0.2, 0.25) is 0 Å². The van der Waals surface area contributed by atoms with E-state index < -0.39 is 10.1 Å². The lowest BCUT2D eigenvalue weighted by atomic mass is 10.0. The third kappa shape index (κ3) is 18.1. The maximum Gasteiger partial charge on any atom is 0.298 e. The Morgan fingerprint density at radius 1 is 0.882 bits per heavy atom. The third-order valence-electron chi connectivity index (χ3n) is 8.13. The van der Waals surface area contributed by atoms with Crippen LogP contribution >= 0.6 is 11.3 Å². The molecular weight excluding hydrogens is 697 g/mol. The zero-order valence-electron chi connectivity index (χ0n) is 30.7. The lowest BCUT2D eigenvalue weighted by Crippen LogP contribution is -2.08. The number of aryl methyl sites for hydroxylation is 3. The number of rotatable bonds is 26. The molecule has 0 amide bonds. The highest BCUT2D eigenvalue weighted by atomic mass is 32.2. The molecule has 0 saturated carbocycles. The summed E-state index contributed by atoms with van der Waals surface area (Å²) < 4.78 is 61.6. The number of nitrogens with zero attached hydrogens (tertiary/aromatic N) is 3. The average Bonchev–Trinajstić information content (AvgIpc) is 3.91. The van der Waals surface area contributed by atoms with Crippen molar-refractivity contribution in [1.29, 1.82) is 0 Å². The zero-order valence-corrected chi connectivity index (χ0v) is 32.3. The summed E-state index contributed by atoms with van der Waals surface area (Å²) in [5, 5.41) is 15.4. The number of hydrogen-bond acceptors (Lipinski definition) is 13. The summed E-state index contributed by atoms with van der Waals surface area (Å²) in [6.45, 7) is 7.05. The summed E-state index contributed by atoms with van der Waals surface area (Å²) in [5.41, 5.74) is 0. The highest BCUT2D eigenvalue weighted by molar-refractivity contribution is 7.84. The first-order valence-electron chi connectivity index (χ1n) is 18.3. The Hall–Kier alpha value is -3.43. The van der Waals surface area contributed by atoms with Crippen LogP contribution in [0.3, 0.4) is 0 Å². The Kier molecular flexibility index (Phi) is 19.7. The number of thiazole rings is 1. The van der Waals surface area contributed by atoms with E-state index in [0.717, 1.165) is 37.9 Å². The first kappa shape index (κ1) is 42.0. The van der Waals surface area contributed by atoms with Gasteiger partial charge in [-0.05, 0) is 30.1 Å². The molecule has 0 radical (unpaired) electrons. The van der Waals surface area contributed by atoms with Gasteiger partial charge >= 0.3 is 0 Å². The summed E-state index contributed by atoms with van der Waals surface area (Å²) >= 11 is 1.72. The lowest BCUT2D eigenvalue weighted by molar-refractivity contribution is -0.382. The number of aromatic amines is 1. The molecule has 1 unspecified atom stereocenters. The molecule has 0 aliphatic rings. The van der Waals surface area contributed by atoms with Gasteiger partial charge in [0.1, 0.15) is 12.0 Å². The minimum Gasteiger partial charge on any atom is -0.748 e. The molecular formula is C36H56N4O9S2. The highest BCUT2D eigenvalue weighted by Gasteiger charge is 2.22. The molecule has 4 heterocycles. The molecule has 4 aromatic heterocycles. The fourth-order valence-electron chi connectivity index (χ4n) is 5.43. The molecule has 51 heavy (non-hydrogen) atoms. The van der Waals surface area contributed by atoms with Crippen molar-refractivity contribution in [2.24, 2.45) is 0 Å². The minimum absolute atomic E-state index is 0.188. The van der Waals surface area contributed by atoms with E-state index >= 15 is 0 Å². The number of unbranched alkanes of at least 4 members (excludes halogenated alkanes) is 12. The summed E-state index contributed by atoms with van der Waals surface area (Å²) in [7, 11) is -3.92. The smallest absolute Gasteiger partial charge is 0.298 e. The van der Waals surface area contributed by atoms with Crippen LogP contribution in [0.5, 0.6) is 23.3 Å². The molecule has 0 saturated heterocycles. The fraction of sp³-hybridized carbons (Fsp3) is 0.667. The molecule has 0 aromatic carbocycles. The maximum atomic E-state index is 9.08. The first-order chi connectivity index (χ1) is 24.6. The Bertz CT molecular complexity index is 1560. The predicted octanol–water partition coefficient (Wildman–Crippen LogP) is 9.01. The molecule has 0 aliphatic carbocycles. The molecule has 0 spiro atoms. The Morgan fingerprint density at radius 3 is 2.14 bits per heavy atom. The van der Waals surface area contributed by atoms with Crippen LogP contribution in [-0.2, 0) is 23.0 Å². The second-order valence-electron chi connectivity index (χ2n) is 12.8. The first-order valence-corrected chi connectivity index (χ1v) is 21.0. The van der Waals surface area contributed by atoms with Crippen molar-refractivity contribution in [3.63, 3.8) is 0 Å². The van der Waals surface area contributed by atoms with Crippen LogP contribution in [0.15, 0.2) is 37.4 Å². The maximum absolute atomic E-state index is 9.08. The summed E-state index contributed by atoms with van der Waals surface area (Å²) in [4.78, 5) is 3.26. The van der Waals surface area contributed by atoms with Crippen molar-refractivity contribution in [3.05, 3.63) is 46.1 Å². The SMILES string of the molecule is CCCCCCCCCCCCCCCc1onc(OCCCOc2cnoc2C(C)CCc2[nH+]ccs2)c1Oc1cc(C)on1.CS(=O)(=O)[O-]. The van der Waals surface area contributed by atoms with Gasteiger partial charge in [-0.15, -0.1) is 0 Å². The number of aromatic nitrogens is 4. The minimum atomic E-state index is -3.92. The molecule has 1 atom stereocenters. The van der Waals surface area contributed by atoms with Gasteiger partial charge < -0.3 is 32.3 Å². The second-order valence-corrected chi connectivity index (χ2v) is 15.3. The Labute approximate surface area is 306 Å². The van der Waals surface area contributed by atoms with E-state index in [9.17, 15) is 0 Å². The number of H-pyrrole nitrogens is 1. The van der Waals surface area contributed by atoms with Crippen molar-refractivity contribution in [3.8, 4) is 23.3 Å². The van der Waals surface area contributed by atoms with Gasteiger partial charge in [-0.25, -0.2) is 13.4 Å². The van der Waals surface area contributed by atoms with E-state index in [1.54, 1.807) is 23.6 Å². The van der Waals surface area contributed by atoms with E-state index in [4.69, 9.17) is 40.8 Å². The summed E-state index contributed by atoms with van der Waals surface area (Å²) in [6.07, 6.45) is 24.4. The quantitative estimate of drug-likeness (QED) is 0.0440. The van der Waals surface area contributed by atoms with Gasteiger partial charge in [-0.3, -0.25) is 0 Å². The third-order valence-corrected chi connectivity index (χ3v) is 9.01. The zero-order chi connectivity index (χ0) is 36.7. The van der Waals surface area contributed by atoms with Crippen LogP contribution in [0.4, 0.5) is 0 Å². The van der Waals surface area contributed by atoms with E-state index in [-0.39, 0.29) is 5.92 Å². The van der Waals surface area contributed by atoms with Crippen molar-refractivity contribution in [2.75, 3.05) is 19.5 Å². The molecule has 13 nitrogen and oxygen atoms in total. The van der Waals surface area contributed by atoms with E-state index in [1.807, 2.05) is 13.1 Å². The average molecular weight is 753 g/mol. The highest BCUT2D eigenvalue weighted by Crippen LogP contribution is 2.36. The van der Waals surface area contributed by atoms with Gasteiger partial charge in [0.25, 0.3) is 11.8 Å². The largest absolute Gasteiger partial charge is 0.748 e. The molecule has 0 fully saturated rings. The molecule has 0 bridgehead atoms. The van der Waals surface area contributed by atoms with Crippen LogP contribution < -0.4 is 19.2 Å². The molecule has 1 N–H and O–H groups in total. The standard InChI is InChI=1S/C35H52N4O6S.CH4O3S/c1-4-5-6-7-8-9-10-11-12-13-14-15-16-18-29-34(42-31-25-28(3)43-38-31)35(39-44-29)41-23-17-22-40-30-26-37-45-33(30)27(2)19-20-32-36-21-24-46-32;1-5(2,3)4/h21,24-27H,4-20,22-23H2,1-3H3;1H3,(H,2,3,4). The molecule has 0 aliphatic heterocycles. The second kappa shape index (κ2) is 23.9. The van der Waals surface area contributed by atoms with E-state index in [1.165, 1.54) is 75.6 Å². The van der Waals surface area contributed by atoms with E-state index in [2.05, 4.69) is 39.7 Å². The van der Waals surface area contributed by atoms with Crippen LogP contribution in [0.25, 0.3) is 0 Å². The predicted molar refractivity (Wildman–Crippen MR) is 193 cm³/mol. The van der Waals surface area contributed by atoms with Crippen LogP contribution in [0, 0.1) is 6.92 Å². The lowest BCUT2D eigenvalue weighted by Gasteiger charge is -2.10. The Morgan fingerprint density at radius 2 is 1.53 bits per heavy atom. The van der Waals surface area contributed by atoms with Gasteiger partial charge in [0, 0.05) is 37.5 Å².